The quantitative estimate of drug-likeness (QED) is 0.840. The van der Waals surface area contributed by atoms with Crippen molar-refractivity contribution >= 4 is 5.91 Å². The van der Waals surface area contributed by atoms with Gasteiger partial charge in [-0.3, -0.25) is 9.48 Å². The first-order chi connectivity index (χ1) is 13.3. The van der Waals surface area contributed by atoms with Gasteiger partial charge in [-0.05, 0) is 43.1 Å². The molecule has 1 aromatic heterocycles. The summed E-state index contributed by atoms with van der Waals surface area (Å²) >= 11 is 0. The van der Waals surface area contributed by atoms with E-state index in [0.29, 0.717) is 25.7 Å². The van der Waals surface area contributed by atoms with Crippen molar-refractivity contribution in [2.24, 2.45) is 0 Å². The van der Waals surface area contributed by atoms with E-state index < -0.39 is 0 Å². The number of rotatable bonds is 5. The largest absolute Gasteiger partial charge is 0.490 e. The predicted octanol–water partition coefficient (Wildman–Crippen LogP) is 1.83. The number of aromatic nitrogens is 2. The lowest BCUT2D eigenvalue weighted by molar-refractivity contribution is -0.122. The van der Waals surface area contributed by atoms with Gasteiger partial charge in [0.1, 0.15) is 6.54 Å². The Balaban J connectivity index is 1.30. The average molecular weight is 370 g/mol. The zero-order valence-corrected chi connectivity index (χ0v) is 15.4. The van der Waals surface area contributed by atoms with Gasteiger partial charge in [-0.15, -0.1) is 0 Å². The second kappa shape index (κ2) is 8.43. The average Bonchev–Trinajstić information content (AvgIpc) is 3.03. The highest BCUT2D eigenvalue weighted by molar-refractivity contribution is 5.75. The molecule has 2 aromatic rings. The molecule has 1 atom stereocenters. The number of benzene rings is 1. The number of hydrogen-bond acceptors (Lipinski definition) is 5. The van der Waals surface area contributed by atoms with Crippen molar-refractivity contribution in [2.75, 3.05) is 26.3 Å². The molecule has 3 heterocycles. The van der Waals surface area contributed by atoms with Crippen LogP contribution >= 0.6 is 0 Å². The Morgan fingerprint density at radius 3 is 2.96 bits per heavy atom. The summed E-state index contributed by atoms with van der Waals surface area (Å²) in [5, 5.41) is 10.9. The molecule has 4 rings (SSSR count). The lowest BCUT2D eigenvalue weighted by atomic mass is 9.97. The van der Waals surface area contributed by atoms with Crippen molar-refractivity contribution in [3.05, 3.63) is 41.7 Å². The molecule has 0 radical (unpaired) electrons. The third kappa shape index (κ3) is 4.60. The summed E-state index contributed by atoms with van der Waals surface area (Å²) in [5.74, 6) is 1.91. The van der Waals surface area contributed by atoms with Crippen molar-refractivity contribution in [3.8, 4) is 11.5 Å². The zero-order valence-electron chi connectivity index (χ0n) is 15.4. The van der Waals surface area contributed by atoms with Crippen LogP contribution in [0.15, 0.2) is 30.5 Å². The van der Waals surface area contributed by atoms with Crippen LogP contribution in [-0.4, -0.2) is 42.0 Å². The second-order valence-electron chi connectivity index (χ2n) is 7.09. The molecule has 1 amide bonds. The predicted molar refractivity (Wildman–Crippen MR) is 101 cm³/mol. The molecule has 2 aliphatic heterocycles. The van der Waals surface area contributed by atoms with Gasteiger partial charge in [0, 0.05) is 31.6 Å². The number of nitrogens with zero attached hydrogens (tertiary/aromatic N) is 2. The van der Waals surface area contributed by atoms with Crippen LogP contribution in [0, 0.1) is 0 Å². The van der Waals surface area contributed by atoms with Gasteiger partial charge >= 0.3 is 0 Å². The molecular weight excluding hydrogens is 344 g/mol. The van der Waals surface area contributed by atoms with Crippen LogP contribution in [-0.2, 0) is 17.9 Å². The first-order valence-corrected chi connectivity index (χ1v) is 9.67. The van der Waals surface area contributed by atoms with E-state index >= 15 is 0 Å². The standard InChI is InChI=1S/C20H26N4O3/c25-20(14-24-8-6-17(23-24)16-3-1-7-21-13-16)22-12-15-4-5-18-19(11-15)27-10-2-9-26-18/h4-6,8,11,16,21H,1-3,7,9-10,12-14H2,(H,22,25)/t16-/m0/s1. The maximum atomic E-state index is 12.3. The van der Waals surface area contributed by atoms with Crippen LogP contribution in [0.5, 0.6) is 11.5 Å². The minimum absolute atomic E-state index is 0.0569. The third-order valence-corrected chi connectivity index (χ3v) is 4.98. The van der Waals surface area contributed by atoms with Crippen LogP contribution in [0.1, 0.15) is 36.4 Å². The minimum atomic E-state index is -0.0569. The first kappa shape index (κ1) is 17.9. The van der Waals surface area contributed by atoms with Crippen molar-refractivity contribution in [2.45, 2.75) is 38.3 Å². The van der Waals surface area contributed by atoms with Gasteiger partial charge in [-0.1, -0.05) is 6.07 Å². The van der Waals surface area contributed by atoms with Gasteiger partial charge in [0.15, 0.2) is 11.5 Å². The Morgan fingerprint density at radius 1 is 1.22 bits per heavy atom. The van der Waals surface area contributed by atoms with Gasteiger partial charge in [0.25, 0.3) is 0 Å². The van der Waals surface area contributed by atoms with Crippen LogP contribution in [0.25, 0.3) is 0 Å². The van der Waals surface area contributed by atoms with Crippen molar-refractivity contribution in [3.63, 3.8) is 0 Å². The highest BCUT2D eigenvalue weighted by Crippen LogP contribution is 2.30. The van der Waals surface area contributed by atoms with E-state index in [1.54, 1.807) is 4.68 Å². The first-order valence-electron chi connectivity index (χ1n) is 9.67. The Labute approximate surface area is 159 Å². The van der Waals surface area contributed by atoms with E-state index in [9.17, 15) is 4.79 Å². The molecule has 0 saturated carbocycles. The Bertz CT molecular complexity index is 783. The van der Waals surface area contributed by atoms with E-state index in [-0.39, 0.29) is 12.5 Å². The molecule has 1 aromatic carbocycles. The van der Waals surface area contributed by atoms with Gasteiger partial charge in [0.05, 0.1) is 18.9 Å². The summed E-state index contributed by atoms with van der Waals surface area (Å²) in [5.41, 5.74) is 2.06. The van der Waals surface area contributed by atoms with E-state index in [2.05, 4.69) is 15.7 Å². The van der Waals surface area contributed by atoms with Crippen LogP contribution in [0.3, 0.4) is 0 Å². The maximum Gasteiger partial charge on any atom is 0.241 e. The highest BCUT2D eigenvalue weighted by atomic mass is 16.5. The molecule has 2 aliphatic rings. The third-order valence-electron chi connectivity index (χ3n) is 4.98. The maximum absolute atomic E-state index is 12.3. The Kier molecular flexibility index (Phi) is 5.58. The fourth-order valence-electron chi connectivity index (χ4n) is 3.51. The molecule has 27 heavy (non-hydrogen) atoms. The van der Waals surface area contributed by atoms with Gasteiger partial charge in [0.2, 0.25) is 5.91 Å². The number of carbonyl (C=O) groups is 1. The Hall–Kier alpha value is -2.54. The molecule has 0 bridgehead atoms. The smallest absolute Gasteiger partial charge is 0.241 e. The number of ether oxygens (including phenoxy) is 2. The summed E-state index contributed by atoms with van der Waals surface area (Å²) < 4.78 is 13.0. The number of amides is 1. The molecule has 144 valence electrons. The molecular formula is C20H26N4O3. The molecule has 0 unspecified atom stereocenters. The second-order valence-corrected chi connectivity index (χ2v) is 7.09. The highest BCUT2D eigenvalue weighted by Gasteiger charge is 2.18. The topological polar surface area (TPSA) is 77.4 Å². The van der Waals surface area contributed by atoms with Gasteiger partial charge in [-0.25, -0.2) is 0 Å². The van der Waals surface area contributed by atoms with E-state index in [0.717, 1.165) is 48.7 Å². The van der Waals surface area contributed by atoms with Crippen molar-refractivity contribution in [1.82, 2.24) is 20.4 Å². The van der Waals surface area contributed by atoms with Crippen LogP contribution < -0.4 is 20.1 Å². The van der Waals surface area contributed by atoms with Gasteiger partial charge in [-0.2, -0.15) is 5.10 Å². The molecule has 0 spiro atoms. The number of carbonyl (C=O) groups excluding carboxylic acids is 1. The minimum Gasteiger partial charge on any atom is -0.490 e. The summed E-state index contributed by atoms with van der Waals surface area (Å²) in [4.78, 5) is 12.3. The number of nitrogens with one attached hydrogen (secondary N) is 2. The molecule has 7 nitrogen and oxygen atoms in total. The molecule has 2 N–H and O–H groups in total. The summed E-state index contributed by atoms with van der Waals surface area (Å²) in [6, 6.07) is 7.81. The van der Waals surface area contributed by atoms with Crippen LogP contribution in [0.4, 0.5) is 0 Å². The van der Waals surface area contributed by atoms with E-state index in [1.165, 1.54) is 6.42 Å². The van der Waals surface area contributed by atoms with Crippen LogP contribution in [0.2, 0.25) is 0 Å². The number of fused-ring (bicyclic) bond motifs is 1. The number of hydrogen-bond donors (Lipinski definition) is 2. The normalized spacial score (nSPS) is 19.3. The molecule has 0 aliphatic carbocycles. The number of piperidine rings is 1. The molecule has 1 fully saturated rings. The van der Waals surface area contributed by atoms with E-state index in [4.69, 9.17) is 9.47 Å². The lowest BCUT2D eigenvalue weighted by Crippen LogP contribution is -2.29. The lowest BCUT2D eigenvalue weighted by Gasteiger charge is -2.20. The molecule has 1 saturated heterocycles. The fourth-order valence-corrected chi connectivity index (χ4v) is 3.51. The van der Waals surface area contributed by atoms with Gasteiger partial charge < -0.3 is 20.1 Å². The summed E-state index contributed by atoms with van der Waals surface area (Å²) in [7, 11) is 0. The Morgan fingerprint density at radius 2 is 2.11 bits per heavy atom. The monoisotopic (exact) mass is 370 g/mol. The van der Waals surface area contributed by atoms with E-state index in [1.807, 2.05) is 30.5 Å². The zero-order chi connectivity index (χ0) is 18.5. The SMILES string of the molecule is O=C(Cn1ccc([C@H]2CCCNC2)n1)NCc1ccc2c(c1)OCCCO2. The fraction of sp³-hybridized carbons (Fsp3) is 0.500. The van der Waals surface area contributed by atoms with Crippen molar-refractivity contribution in [1.29, 1.82) is 0 Å². The summed E-state index contributed by atoms with van der Waals surface area (Å²) in [6.45, 7) is 4.06. The van der Waals surface area contributed by atoms with Crippen molar-refractivity contribution < 1.29 is 14.3 Å². The summed E-state index contributed by atoms with van der Waals surface area (Å²) in [6.07, 6.45) is 5.09. The molecule has 7 heteroatoms.